The Kier molecular flexibility index (Phi) is 3.95. The first kappa shape index (κ1) is 12.3. The molecule has 0 saturated heterocycles. The van der Waals surface area contributed by atoms with E-state index in [0.29, 0.717) is 0 Å². The lowest BCUT2D eigenvalue weighted by Gasteiger charge is -2.15. The molecule has 1 aliphatic carbocycles. The monoisotopic (exact) mass is 231 g/mol. The number of benzene rings is 1. The lowest BCUT2D eigenvalue weighted by Crippen LogP contribution is -2.36. The molecule has 0 aliphatic heterocycles. The Morgan fingerprint density at radius 3 is 2.76 bits per heavy atom. The molecule has 92 valence electrons. The first-order valence-electron chi connectivity index (χ1n) is 6.65. The van der Waals surface area contributed by atoms with Gasteiger partial charge in [0.25, 0.3) is 0 Å². The summed E-state index contributed by atoms with van der Waals surface area (Å²) in [7, 11) is 0. The Hall–Kier alpha value is -1.15. The summed E-state index contributed by atoms with van der Waals surface area (Å²) in [6, 6.07) is 6.20. The van der Waals surface area contributed by atoms with Crippen LogP contribution in [0.4, 0.5) is 0 Å². The summed E-state index contributed by atoms with van der Waals surface area (Å²) < 4.78 is 0. The van der Waals surface area contributed by atoms with Gasteiger partial charge in [-0.25, -0.2) is 0 Å². The van der Waals surface area contributed by atoms with E-state index in [1.807, 2.05) is 13.0 Å². The number of Topliss-reactive ketones (excluding diaryl/α,β-unsaturated/α-hetero) is 1. The quantitative estimate of drug-likeness (QED) is 0.789. The number of likely N-dealkylation sites (N-methyl/N-ethyl adjacent to an activating group) is 1. The standard InChI is InChI=1S/C15H21NO/c1-3-14(16-4-2)15(17)13-9-8-11-6-5-7-12(11)10-13/h8-10,14,16H,3-7H2,1-2H3. The highest BCUT2D eigenvalue weighted by molar-refractivity contribution is 6.00. The predicted octanol–water partition coefficient (Wildman–Crippen LogP) is 2.75. The fraction of sp³-hybridized carbons (Fsp3) is 0.533. The highest BCUT2D eigenvalue weighted by atomic mass is 16.1. The van der Waals surface area contributed by atoms with E-state index in [2.05, 4.69) is 24.4 Å². The van der Waals surface area contributed by atoms with Gasteiger partial charge < -0.3 is 5.32 Å². The molecule has 0 fully saturated rings. The Morgan fingerprint density at radius 2 is 2.06 bits per heavy atom. The van der Waals surface area contributed by atoms with Crippen LogP contribution in [-0.2, 0) is 12.8 Å². The van der Waals surface area contributed by atoms with Gasteiger partial charge in [0.15, 0.2) is 5.78 Å². The molecule has 0 amide bonds. The summed E-state index contributed by atoms with van der Waals surface area (Å²) >= 11 is 0. The van der Waals surface area contributed by atoms with Crippen molar-refractivity contribution in [3.63, 3.8) is 0 Å². The van der Waals surface area contributed by atoms with Crippen LogP contribution >= 0.6 is 0 Å². The zero-order valence-electron chi connectivity index (χ0n) is 10.8. The van der Waals surface area contributed by atoms with E-state index in [-0.39, 0.29) is 11.8 Å². The molecule has 1 aromatic carbocycles. The molecule has 0 aromatic heterocycles. The maximum absolute atomic E-state index is 12.3. The summed E-state index contributed by atoms with van der Waals surface area (Å²) in [4.78, 5) is 12.3. The number of carbonyl (C=O) groups is 1. The summed E-state index contributed by atoms with van der Waals surface area (Å²) in [6.45, 7) is 4.94. The molecule has 0 bridgehead atoms. The number of hydrogen-bond donors (Lipinski definition) is 1. The smallest absolute Gasteiger partial charge is 0.179 e. The fourth-order valence-corrected chi connectivity index (χ4v) is 2.60. The minimum Gasteiger partial charge on any atom is -0.307 e. The molecule has 2 rings (SSSR count). The van der Waals surface area contributed by atoms with Crippen molar-refractivity contribution in [3.05, 3.63) is 34.9 Å². The second-order valence-electron chi connectivity index (χ2n) is 4.72. The van der Waals surface area contributed by atoms with Gasteiger partial charge in [0.1, 0.15) is 0 Å². The highest BCUT2D eigenvalue weighted by Gasteiger charge is 2.19. The van der Waals surface area contributed by atoms with E-state index in [1.165, 1.54) is 24.0 Å². The second-order valence-corrected chi connectivity index (χ2v) is 4.72. The molecule has 1 aromatic rings. The number of hydrogen-bond acceptors (Lipinski definition) is 2. The van der Waals surface area contributed by atoms with Crippen LogP contribution in [0, 0.1) is 0 Å². The van der Waals surface area contributed by atoms with Crippen molar-refractivity contribution in [1.29, 1.82) is 0 Å². The van der Waals surface area contributed by atoms with E-state index < -0.39 is 0 Å². The summed E-state index contributed by atoms with van der Waals surface area (Å²) in [5, 5.41) is 3.25. The molecule has 0 heterocycles. The van der Waals surface area contributed by atoms with Crippen LogP contribution in [-0.4, -0.2) is 18.4 Å². The van der Waals surface area contributed by atoms with Crippen molar-refractivity contribution in [2.24, 2.45) is 0 Å². The van der Waals surface area contributed by atoms with E-state index in [9.17, 15) is 4.79 Å². The second kappa shape index (κ2) is 5.46. The molecule has 1 atom stereocenters. The van der Waals surface area contributed by atoms with E-state index in [0.717, 1.165) is 24.9 Å². The van der Waals surface area contributed by atoms with Gasteiger partial charge in [-0.2, -0.15) is 0 Å². The minimum atomic E-state index is -0.0283. The third-order valence-electron chi connectivity index (χ3n) is 3.56. The summed E-state index contributed by atoms with van der Waals surface area (Å²) in [5.41, 5.74) is 3.68. The normalized spacial score (nSPS) is 15.6. The SMILES string of the molecule is CCNC(CC)C(=O)c1ccc2c(c1)CCC2. The molecule has 1 aliphatic rings. The molecule has 1 unspecified atom stereocenters. The van der Waals surface area contributed by atoms with Gasteiger partial charge in [0, 0.05) is 5.56 Å². The average Bonchev–Trinajstić information content (AvgIpc) is 2.82. The first-order valence-corrected chi connectivity index (χ1v) is 6.65. The summed E-state index contributed by atoms with van der Waals surface area (Å²) in [5.74, 6) is 0.240. The predicted molar refractivity (Wildman–Crippen MR) is 70.6 cm³/mol. The fourth-order valence-electron chi connectivity index (χ4n) is 2.60. The van der Waals surface area contributed by atoms with Crippen molar-refractivity contribution < 1.29 is 4.79 Å². The van der Waals surface area contributed by atoms with Gasteiger partial charge in [-0.05, 0) is 49.4 Å². The van der Waals surface area contributed by atoms with Gasteiger partial charge >= 0.3 is 0 Å². The minimum absolute atomic E-state index is 0.0283. The number of nitrogens with one attached hydrogen (secondary N) is 1. The van der Waals surface area contributed by atoms with Crippen LogP contribution in [0.2, 0.25) is 0 Å². The number of carbonyl (C=O) groups excluding carboxylic acids is 1. The van der Waals surface area contributed by atoms with Crippen molar-refractivity contribution in [2.45, 2.75) is 45.6 Å². The average molecular weight is 231 g/mol. The third kappa shape index (κ3) is 2.58. The molecular weight excluding hydrogens is 210 g/mol. The summed E-state index contributed by atoms with van der Waals surface area (Å²) in [6.07, 6.45) is 4.39. The first-order chi connectivity index (χ1) is 8.26. The molecule has 0 spiro atoms. The largest absolute Gasteiger partial charge is 0.307 e. The van der Waals surface area contributed by atoms with Gasteiger partial charge in [0.2, 0.25) is 0 Å². The highest BCUT2D eigenvalue weighted by Crippen LogP contribution is 2.23. The number of fused-ring (bicyclic) bond motifs is 1. The van der Waals surface area contributed by atoms with E-state index >= 15 is 0 Å². The lowest BCUT2D eigenvalue weighted by molar-refractivity contribution is 0.0941. The maximum Gasteiger partial charge on any atom is 0.179 e. The van der Waals surface area contributed by atoms with Crippen molar-refractivity contribution in [3.8, 4) is 0 Å². The van der Waals surface area contributed by atoms with Crippen molar-refractivity contribution in [2.75, 3.05) is 6.54 Å². The van der Waals surface area contributed by atoms with Crippen LogP contribution in [0.3, 0.4) is 0 Å². The van der Waals surface area contributed by atoms with Crippen molar-refractivity contribution in [1.82, 2.24) is 5.32 Å². The molecule has 2 heteroatoms. The van der Waals surface area contributed by atoms with Gasteiger partial charge in [0.05, 0.1) is 6.04 Å². The Bertz CT molecular complexity index is 411. The zero-order chi connectivity index (χ0) is 12.3. The topological polar surface area (TPSA) is 29.1 Å². The maximum atomic E-state index is 12.3. The van der Waals surface area contributed by atoms with Gasteiger partial charge in [-0.15, -0.1) is 0 Å². The van der Waals surface area contributed by atoms with Gasteiger partial charge in [-0.1, -0.05) is 26.0 Å². The van der Waals surface area contributed by atoms with Crippen LogP contribution < -0.4 is 5.32 Å². The number of rotatable bonds is 5. The zero-order valence-corrected chi connectivity index (χ0v) is 10.8. The van der Waals surface area contributed by atoms with Crippen LogP contribution in [0.5, 0.6) is 0 Å². The van der Waals surface area contributed by atoms with Crippen LogP contribution in [0.25, 0.3) is 0 Å². The molecule has 1 N–H and O–H groups in total. The van der Waals surface area contributed by atoms with E-state index in [1.54, 1.807) is 0 Å². The lowest BCUT2D eigenvalue weighted by atomic mass is 9.98. The Morgan fingerprint density at radius 1 is 1.29 bits per heavy atom. The van der Waals surface area contributed by atoms with Crippen molar-refractivity contribution >= 4 is 5.78 Å². The van der Waals surface area contributed by atoms with Crippen LogP contribution in [0.1, 0.15) is 48.2 Å². The third-order valence-corrected chi connectivity index (χ3v) is 3.56. The Labute approximate surface area is 103 Å². The Balaban J connectivity index is 2.19. The number of ketones is 1. The van der Waals surface area contributed by atoms with Gasteiger partial charge in [-0.3, -0.25) is 4.79 Å². The molecule has 17 heavy (non-hydrogen) atoms. The molecule has 0 radical (unpaired) electrons. The van der Waals surface area contributed by atoms with E-state index in [4.69, 9.17) is 0 Å². The molecule has 0 saturated carbocycles. The van der Waals surface area contributed by atoms with Crippen LogP contribution in [0.15, 0.2) is 18.2 Å². The number of aryl methyl sites for hydroxylation is 2. The molecular formula is C15H21NO. The molecule has 2 nitrogen and oxygen atoms in total.